The molecule has 0 fully saturated rings. The summed E-state index contributed by atoms with van der Waals surface area (Å²) in [6.45, 7) is 4.19. The minimum absolute atomic E-state index is 0.0257. The maximum atomic E-state index is 13.3. The van der Waals surface area contributed by atoms with Crippen molar-refractivity contribution in [3.63, 3.8) is 0 Å². The van der Waals surface area contributed by atoms with E-state index in [1.807, 2.05) is 49.2 Å². The molecule has 0 spiro atoms. The van der Waals surface area contributed by atoms with Crippen molar-refractivity contribution in [2.45, 2.75) is 20.0 Å². The van der Waals surface area contributed by atoms with Crippen LogP contribution in [-0.2, 0) is 13.1 Å². The summed E-state index contributed by atoms with van der Waals surface area (Å²) < 4.78 is 6.95. The van der Waals surface area contributed by atoms with Crippen molar-refractivity contribution in [2.75, 3.05) is 20.2 Å². The normalized spacial score (nSPS) is 13.5. The van der Waals surface area contributed by atoms with Crippen LogP contribution in [0, 0.1) is 6.92 Å². The number of aromatic amines is 1. The molecule has 0 bridgehead atoms. The van der Waals surface area contributed by atoms with Gasteiger partial charge in [0.1, 0.15) is 18.2 Å². The predicted molar refractivity (Wildman–Crippen MR) is 133 cm³/mol. The number of hydrogen-bond acceptors (Lipinski definition) is 4. The van der Waals surface area contributed by atoms with Crippen LogP contribution < -0.4 is 10.1 Å². The SMILES string of the molecule is CNCc1nc2ccc(-c3ccc4c(c3)CN(C(=O)c3ccc(Br)cc3C)CCO4)cc2[nH]1. The van der Waals surface area contributed by atoms with Crippen molar-refractivity contribution in [1.82, 2.24) is 20.2 Å². The summed E-state index contributed by atoms with van der Waals surface area (Å²) in [5, 5.41) is 3.12. The molecule has 33 heavy (non-hydrogen) atoms. The molecule has 2 heterocycles. The van der Waals surface area contributed by atoms with Gasteiger partial charge in [-0.2, -0.15) is 0 Å². The Morgan fingerprint density at radius 3 is 2.79 bits per heavy atom. The Kier molecular flexibility index (Phi) is 5.91. The highest BCUT2D eigenvalue weighted by Gasteiger charge is 2.22. The summed E-state index contributed by atoms with van der Waals surface area (Å²) in [5.74, 6) is 1.77. The maximum Gasteiger partial charge on any atom is 0.254 e. The molecule has 0 unspecified atom stereocenters. The Bertz CT molecular complexity index is 1350. The van der Waals surface area contributed by atoms with Gasteiger partial charge in [0.15, 0.2) is 0 Å². The molecule has 1 aliphatic rings. The lowest BCUT2D eigenvalue weighted by molar-refractivity contribution is 0.0732. The highest BCUT2D eigenvalue weighted by Crippen LogP contribution is 2.31. The zero-order valence-corrected chi connectivity index (χ0v) is 20.2. The standard InChI is InChI=1S/C26H25BrN4O2/c1-16-11-20(27)5-6-21(16)26(32)31-9-10-33-24-8-4-17(12-19(24)15-31)18-3-7-22-23(13-18)30-25(29-22)14-28-2/h3-8,11-13,28H,9-10,14-15H2,1-2H3,(H,29,30). The largest absolute Gasteiger partial charge is 0.491 e. The van der Waals surface area contributed by atoms with Gasteiger partial charge >= 0.3 is 0 Å². The molecule has 0 radical (unpaired) electrons. The maximum absolute atomic E-state index is 13.3. The highest BCUT2D eigenvalue weighted by atomic mass is 79.9. The Labute approximate surface area is 201 Å². The van der Waals surface area contributed by atoms with Gasteiger partial charge in [-0.05, 0) is 73.1 Å². The Hall–Kier alpha value is -3.16. The average molecular weight is 505 g/mol. The molecule has 1 aromatic heterocycles. The molecule has 7 heteroatoms. The number of carbonyl (C=O) groups is 1. The van der Waals surface area contributed by atoms with Gasteiger partial charge in [-0.1, -0.05) is 28.1 Å². The first-order valence-corrected chi connectivity index (χ1v) is 11.8. The van der Waals surface area contributed by atoms with Crippen molar-refractivity contribution in [2.24, 2.45) is 0 Å². The van der Waals surface area contributed by atoms with Crippen molar-refractivity contribution in [1.29, 1.82) is 0 Å². The van der Waals surface area contributed by atoms with Crippen LogP contribution in [0.2, 0.25) is 0 Å². The Balaban J connectivity index is 1.45. The highest BCUT2D eigenvalue weighted by molar-refractivity contribution is 9.10. The summed E-state index contributed by atoms with van der Waals surface area (Å²) in [4.78, 5) is 23.1. The van der Waals surface area contributed by atoms with E-state index in [4.69, 9.17) is 4.74 Å². The smallest absolute Gasteiger partial charge is 0.254 e. The van der Waals surface area contributed by atoms with Gasteiger partial charge in [0.2, 0.25) is 0 Å². The number of aryl methyl sites for hydroxylation is 1. The van der Waals surface area contributed by atoms with E-state index in [1.54, 1.807) is 0 Å². The number of carbonyl (C=O) groups excluding carboxylic acids is 1. The first-order chi connectivity index (χ1) is 16.0. The quantitative estimate of drug-likeness (QED) is 0.407. The van der Waals surface area contributed by atoms with E-state index < -0.39 is 0 Å². The number of benzene rings is 3. The minimum atomic E-state index is 0.0257. The fraction of sp³-hybridized carbons (Fsp3) is 0.231. The lowest BCUT2D eigenvalue weighted by Crippen LogP contribution is -2.32. The average Bonchev–Trinajstić information content (AvgIpc) is 3.07. The molecule has 168 valence electrons. The second-order valence-corrected chi connectivity index (χ2v) is 9.22. The van der Waals surface area contributed by atoms with Gasteiger partial charge in [-0.15, -0.1) is 0 Å². The van der Waals surface area contributed by atoms with Crippen LogP contribution in [0.4, 0.5) is 0 Å². The molecule has 4 aromatic rings. The molecule has 2 N–H and O–H groups in total. The third-order valence-corrected chi connectivity index (χ3v) is 6.45. The molecular weight excluding hydrogens is 480 g/mol. The molecule has 1 amide bonds. The molecule has 0 aliphatic carbocycles. The third-order valence-electron chi connectivity index (χ3n) is 5.96. The van der Waals surface area contributed by atoms with Crippen LogP contribution in [-0.4, -0.2) is 41.0 Å². The van der Waals surface area contributed by atoms with Crippen molar-refractivity contribution in [3.05, 3.63) is 81.6 Å². The number of fused-ring (bicyclic) bond motifs is 2. The summed E-state index contributed by atoms with van der Waals surface area (Å²) in [6, 6.07) is 18.2. The van der Waals surface area contributed by atoms with E-state index in [-0.39, 0.29) is 5.91 Å². The summed E-state index contributed by atoms with van der Waals surface area (Å²) in [7, 11) is 1.91. The Morgan fingerprint density at radius 2 is 1.97 bits per heavy atom. The van der Waals surface area contributed by atoms with Crippen LogP contribution in [0.5, 0.6) is 5.75 Å². The lowest BCUT2D eigenvalue weighted by Gasteiger charge is -2.21. The number of hydrogen-bond donors (Lipinski definition) is 2. The predicted octanol–water partition coefficient (Wildman–Crippen LogP) is 5.06. The van der Waals surface area contributed by atoms with E-state index in [2.05, 4.69) is 55.5 Å². The van der Waals surface area contributed by atoms with Gasteiger partial charge in [-0.25, -0.2) is 4.98 Å². The number of imidazole rings is 1. The molecular formula is C26H25BrN4O2. The van der Waals surface area contributed by atoms with Gasteiger partial charge < -0.3 is 19.9 Å². The number of amides is 1. The molecule has 1 aliphatic heterocycles. The molecule has 0 saturated heterocycles. The van der Waals surface area contributed by atoms with E-state index in [9.17, 15) is 4.79 Å². The number of nitrogens with one attached hydrogen (secondary N) is 2. The fourth-order valence-corrected chi connectivity index (χ4v) is 4.75. The van der Waals surface area contributed by atoms with E-state index >= 15 is 0 Å². The van der Waals surface area contributed by atoms with Crippen LogP contribution in [0.3, 0.4) is 0 Å². The van der Waals surface area contributed by atoms with Gasteiger partial charge in [0.25, 0.3) is 5.91 Å². The van der Waals surface area contributed by atoms with Crippen LogP contribution in [0.15, 0.2) is 59.1 Å². The summed E-state index contributed by atoms with van der Waals surface area (Å²) in [6.07, 6.45) is 0. The number of rotatable bonds is 4. The second kappa shape index (κ2) is 9.00. The van der Waals surface area contributed by atoms with E-state index in [1.165, 1.54) is 0 Å². The van der Waals surface area contributed by atoms with Crippen LogP contribution in [0.1, 0.15) is 27.3 Å². The molecule has 5 rings (SSSR count). The van der Waals surface area contributed by atoms with Crippen molar-refractivity contribution < 1.29 is 9.53 Å². The minimum Gasteiger partial charge on any atom is -0.491 e. The monoisotopic (exact) mass is 504 g/mol. The molecule has 0 atom stereocenters. The number of aromatic nitrogens is 2. The van der Waals surface area contributed by atoms with Gasteiger partial charge in [-0.3, -0.25) is 4.79 Å². The number of nitrogens with zero attached hydrogens (tertiary/aromatic N) is 2. The number of H-pyrrole nitrogens is 1. The third kappa shape index (κ3) is 4.38. The number of halogens is 1. The van der Waals surface area contributed by atoms with Crippen molar-refractivity contribution >= 4 is 32.9 Å². The Morgan fingerprint density at radius 1 is 1.15 bits per heavy atom. The zero-order chi connectivity index (χ0) is 22.9. The van der Waals surface area contributed by atoms with Crippen LogP contribution >= 0.6 is 15.9 Å². The first-order valence-electron chi connectivity index (χ1n) is 11.0. The van der Waals surface area contributed by atoms with Gasteiger partial charge in [0, 0.05) is 22.1 Å². The van der Waals surface area contributed by atoms with E-state index in [0.717, 1.165) is 54.9 Å². The van der Waals surface area contributed by atoms with Gasteiger partial charge in [0.05, 0.1) is 24.1 Å². The summed E-state index contributed by atoms with van der Waals surface area (Å²) in [5.41, 5.74) is 6.82. The fourth-order valence-electron chi connectivity index (χ4n) is 4.28. The van der Waals surface area contributed by atoms with Crippen molar-refractivity contribution in [3.8, 4) is 16.9 Å². The second-order valence-electron chi connectivity index (χ2n) is 8.30. The van der Waals surface area contributed by atoms with Crippen LogP contribution in [0.25, 0.3) is 22.2 Å². The topological polar surface area (TPSA) is 70.2 Å². The molecule has 6 nitrogen and oxygen atoms in total. The molecule has 0 saturated carbocycles. The lowest BCUT2D eigenvalue weighted by atomic mass is 10.0. The first kappa shape index (κ1) is 21.7. The summed E-state index contributed by atoms with van der Waals surface area (Å²) >= 11 is 3.48. The zero-order valence-electron chi connectivity index (χ0n) is 18.6. The van der Waals surface area contributed by atoms with E-state index in [0.29, 0.717) is 26.2 Å². The molecule has 3 aromatic carbocycles. The number of ether oxygens (including phenoxy) is 1.